The van der Waals surface area contributed by atoms with Gasteiger partial charge in [-0.1, -0.05) is 36.4 Å². The molecule has 0 amide bonds. The van der Waals surface area contributed by atoms with Crippen LogP contribution in [0.3, 0.4) is 0 Å². The number of hydrogen-bond acceptors (Lipinski definition) is 3. The fourth-order valence-electron chi connectivity index (χ4n) is 5.79. The molecule has 1 saturated heterocycles. The first-order valence-corrected chi connectivity index (χ1v) is 14.2. The maximum atomic E-state index is 14.0. The number of thiocarbonyl (C=S) groups is 1. The first-order valence-electron chi connectivity index (χ1n) is 13.8. The molecule has 1 aliphatic rings. The Balaban J connectivity index is 1.44. The van der Waals surface area contributed by atoms with E-state index in [1.807, 2.05) is 98.5 Å². The third kappa shape index (κ3) is 5.36. The molecule has 1 N–H and O–H groups in total. The van der Waals surface area contributed by atoms with Crippen molar-refractivity contribution in [1.29, 1.82) is 0 Å². The van der Waals surface area contributed by atoms with Gasteiger partial charge in [0.1, 0.15) is 11.5 Å². The molecule has 2 atom stereocenters. The molecule has 3 aromatic carbocycles. The summed E-state index contributed by atoms with van der Waals surface area (Å²) in [6.07, 6.45) is -2.78. The lowest BCUT2D eigenvalue weighted by Crippen LogP contribution is -2.29. The maximum absolute atomic E-state index is 14.0. The first kappa shape index (κ1) is 28.5. The van der Waals surface area contributed by atoms with Crippen molar-refractivity contribution < 1.29 is 17.9 Å². The van der Waals surface area contributed by atoms with Gasteiger partial charge in [-0.3, -0.25) is 4.98 Å². The zero-order chi connectivity index (χ0) is 30.3. The topological polar surface area (TPSA) is 42.3 Å². The second-order valence-electron chi connectivity index (χ2n) is 10.5. The molecular weight excluding hydrogens is 569 g/mol. The molecule has 0 saturated carbocycles. The quantitative estimate of drug-likeness (QED) is 0.198. The van der Waals surface area contributed by atoms with Crippen LogP contribution in [0, 0.1) is 20.8 Å². The second-order valence-corrected chi connectivity index (χ2v) is 10.9. The highest BCUT2D eigenvalue weighted by Gasteiger charge is 2.43. The molecule has 5 nitrogen and oxygen atoms in total. The summed E-state index contributed by atoms with van der Waals surface area (Å²) in [5.74, 6) is 1.45. The van der Waals surface area contributed by atoms with Crippen molar-refractivity contribution in [2.75, 3.05) is 4.90 Å². The molecule has 0 spiro atoms. The average molecular weight is 599 g/mol. The summed E-state index contributed by atoms with van der Waals surface area (Å²) in [5.41, 5.74) is 4.24. The Morgan fingerprint density at radius 1 is 0.860 bits per heavy atom. The van der Waals surface area contributed by atoms with E-state index < -0.39 is 11.7 Å². The molecule has 0 bridgehead atoms. The first-order chi connectivity index (χ1) is 20.6. The summed E-state index contributed by atoms with van der Waals surface area (Å²) in [4.78, 5) is 6.62. The summed E-state index contributed by atoms with van der Waals surface area (Å²) in [6, 6.07) is 28.0. The van der Waals surface area contributed by atoms with Gasteiger partial charge in [0.2, 0.25) is 0 Å². The Kier molecular flexibility index (Phi) is 7.43. The van der Waals surface area contributed by atoms with E-state index in [0.29, 0.717) is 22.2 Å². The summed E-state index contributed by atoms with van der Waals surface area (Å²) in [7, 11) is 0. The Bertz CT molecular complexity index is 1780. The fraction of sp³-hybridized carbons (Fsp3) is 0.176. The molecule has 5 aromatic rings. The van der Waals surface area contributed by atoms with Crippen LogP contribution in [-0.4, -0.2) is 14.7 Å². The minimum atomic E-state index is -4.50. The molecule has 0 unspecified atom stereocenters. The smallest absolute Gasteiger partial charge is 0.418 e. The predicted molar refractivity (Wildman–Crippen MR) is 166 cm³/mol. The number of pyridine rings is 1. The van der Waals surface area contributed by atoms with E-state index in [2.05, 4.69) is 10.3 Å². The fourth-order valence-corrected chi connectivity index (χ4v) is 6.13. The van der Waals surface area contributed by atoms with Gasteiger partial charge in [-0.05, 0) is 105 Å². The number of hydrogen-bond donors (Lipinski definition) is 1. The van der Waals surface area contributed by atoms with Gasteiger partial charge in [0.25, 0.3) is 0 Å². The summed E-state index contributed by atoms with van der Waals surface area (Å²) in [6.45, 7) is 5.66. The van der Waals surface area contributed by atoms with Crippen LogP contribution in [0.5, 0.6) is 11.5 Å². The van der Waals surface area contributed by atoms with E-state index >= 15 is 0 Å². The van der Waals surface area contributed by atoms with E-state index in [9.17, 15) is 13.2 Å². The molecule has 6 rings (SSSR count). The number of halogens is 3. The Hall–Kier alpha value is -4.63. The molecule has 1 fully saturated rings. The monoisotopic (exact) mass is 598 g/mol. The third-order valence-corrected chi connectivity index (χ3v) is 8.09. The Morgan fingerprint density at radius 2 is 1.56 bits per heavy atom. The summed E-state index contributed by atoms with van der Waals surface area (Å²) < 4.78 is 49.9. The number of aryl methyl sites for hydroxylation is 2. The average Bonchev–Trinajstić information content (AvgIpc) is 3.49. The van der Waals surface area contributed by atoms with Gasteiger partial charge in [0, 0.05) is 23.3 Å². The van der Waals surface area contributed by atoms with Gasteiger partial charge >= 0.3 is 6.18 Å². The zero-order valence-corrected chi connectivity index (χ0v) is 24.6. The maximum Gasteiger partial charge on any atom is 0.418 e. The van der Waals surface area contributed by atoms with Crippen LogP contribution in [0.2, 0.25) is 0 Å². The van der Waals surface area contributed by atoms with Crippen molar-refractivity contribution in [3.8, 4) is 17.2 Å². The number of benzene rings is 3. The third-order valence-electron chi connectivity index (χ3n) is 7.77. The molecule has 218 valence electrons. The van der Waals surface area contributed by atoms with Gasteiger partial charge in [-0.25, -0.2) is 0 Å². The lowest BCUT2D eigenvalue weighted by molar-refractivity contribution is -0.137. The van der Waals surface area contributed by atoms with Gasteiger partial charge in [-0.2, -0.15) is 13.2 Å². The number of anilines is 1. The van der Waals surface area contributed by atoms with E-state index in [1.165, 1.54) is 12.1 Å². The minimum absolute atomic E-state index is 0.0865. The van der Waals surface area contributed by atoms with Crippen molar-refractivity contribution in [2.24, 2.45) is 0 Å². The van der Waals surface area contributed by atoms with E-state index in [4.69, 9.17) is 17.0 Å². The Morgan fingerprint density at radius 3 is 2.26 bits per heavy atom. The van der Waals surface area contributed by atoms with Gasteiger partial charge < -0.3 is 19.5 Å². The highest BCUT2D eigenvalue weighted by Crippen LogP contribution is 2.45. The van der Waals surface area contributed by atoms with Crippen LogP contribution in [-0.2, 0) is 6.18 Å². The SMILES string of the molecule is Cc1ccccc1Oc1ccc(N2C(=S)N[C@H](c3ccccn3)[C@@H]2c2cc(C)n(-c3ccccc3C(F)(F)F)c2C)cc1. The molecule has 9 heteroatoms. The Labute approximate surface area is 253 Å². The van der Waals surface area contributed by atoms with E-state index in [0.717, 1.165) is 34.3 Å². The number of nitrogens with one attached hydrogen (secondary N) is 1. The van der Waals surface area contributed by atoms with Crippen molar-refractivity contribution >= 4 is 23.0 Å². The highest BCUT2D eigenvalue weighted by atomic mass is 32.1. The molecule has 0 aliphatic carbocycles. The zero-order valence-electron chi connectivity index (χ0n) is 23.8. The number of para-hydroxylation sites is 2. The van der Waals surface area contributed by atoms with Gasteiger partial charge in [0.05, 0.1) is 29.0 Å². The second kappa shape index (κ2) is 11.2. The normalized spacial score (nSPS) is 16.8. The standard InChI is InChI=1S/C34H29F3N4OS/c1-21-10-4-7-14-30(21)42-25-17-15-24(16-18-25)41-32(31(39-33(41)43)28-12-8-9-19-38-28)26-20-22(2)40(23(26)3)29-13-6-5-11-27(29)34(35,36)37/h4-20,31-32H,1-3H3,(H,39,43)/t31-,32+/m1/s1. The minimum Gasteiger partial charge on any atom is -0.457 e. The summed E-state index contributed by atoms with van der Waals surface area (Å²) in [5, 5.41) is 3.93. The van der Waals surface area contributed by atoms with Crippen LogP contribution >= 0.6 is 12.2 Å². The summed E-state index contributed by atoms with van der Waals surface area (Å²) >= 11 is 5.88. The van der Waals surface area contributed by atoms with Crippen molar-refractivity contribution in [1.82, 2.24) is 14.9 Å². The molecule has 1 aliphatic heterocycles. The largest absolute Gasteiger partial charge is 0.457 e. The number of aromatic nitrogens is 2. The molecular formula is C34H29F3N4OS. The number of rotatable bonds is 6. The number of alkyl halides is 3. The molecule has 3 heterocycles. The van der Waals surface area contributed by atoms with Gasteiger partial charge in [-0.15, -0.1) is 0 Å². The predicted octanol–water partition coefficient (Wildman–Crippen LogP) is 8.79. The van der Waals surface area contributed by atoms with Crippen molar-refractivity contribution in [2.45, 2.75) is 39.0 Å². The number of ether oxygens (including phenoxy) is 1. The van der Waals surface area contributed by atoms with Gasteiger partial charge in [0.15, 0.2) is 5.11 Å². The van der Waals surface area contributed by atoms with Crippen molar-refractivity contribution in [3.05, 3.63) is 137 Å². The van der Waals surface area contributed by atoms with Crippen LogP contribution in [0.25, 0.3) is 5.69 Å². The molecule has 2 aromatic heterocycles. The molecule has 43 heavy (non-hydrogen) atoms. The lowest BCUT2D eigenvalue weighted by atomic mass is 9.96. The van der Waals surface area contributed by atoms with E-state index in [-0.39, 0.29) is 17.8 Å². The lowest BCUT2D eigenvalue weighted by Gasteiger charge is -2.28. The van der Waals surface area contributed by atoms with Crippen molar-refractivity contribution in [3.63, 3.8) is 0 Å². The van der Waals surface area contributed by atoms with Crippen LogP contribution in [0.15, 0.2) is 103 Å². The van der Waals surface area contributed by atoms with Crippen LogP contribution < -0.4 is 15.0 Å². The van der Waals surface area contributed by atoms with E-state index in [1.54, 1.807) is 16.8 Å². The van der Waals surface area contributed by atoms with Crippen LogP contribution in [0.1, 0.15) is 45.9 Å². The van der Waals surface area contributed by atoms with Crippen LogP contribution in [0.4, 0.5) is 18.9 Å². The highest BCUT2D eigenvalue weighted by molar-refractivity contribution is 7.80. The number of nitrogens with zero attached hydrogens (tertiary/aromatic N) is 3. The molecule has 0 radical (unpaired) electrons.